The second kappa shape index (κ2) is 21.2. The van der Waals surface area contributed by atoms with Crippen molar-refractivity contribution in [3.63, 3.8) is 0 Å². The minimum atomic E-state index is -4.53. The van der Waals surface area contributed by atoms with Crippen LogP contribution in [0, 0.1) is 32.6 Å². The topological polar surface area (TPSA) is 274 Å². The number of pyridine rings is 1. The molecule has 5 aromatic heterocycles. The molecule has 5 N–H and O–H groups in total. The quantitative estimate of drug-likeness (QED) is 0.0682. The molecule has 0 aliphatic carbocycles. The number of halogens is 6. The van der Waals surface area contributed by atoms with Gasteiger partial charge >= 0.3 is 24.4 Å². The SMILES string of the molecule is Cc1ccc2c(NC(=O)N3c4nc(C(=O)C[C@H](C)C(F)(F)F)nc(C)c4N4CCC[C@H]3C4)n[nH]c2n1.Cc1nc(C(=O)C[C@H](C)C(F)(F)F)nc2c1N1CCC[C@@H](C1)N2C(=O)Nc1ccc(OC[C@@H](O)CO)nn1. The third-order valence-electron chi connectivity index (χ3n) is 13.0. The number of H-pyrrole nitrogens is 1. The molecule has 0 saturated carbocycles. The van der Waals surface area contributed by atoms with Crippen LogP contribution >= 0.6 is 0 Å². The van der Waals surface area contributed by atoms with Gasteiger partial charge in [-0.15, -0.1) is 10.2 Å². The molecule has 22 nitrogen and oxygen atoms in total. The summed E-state index contributed by atoms with van der Waals surface area (Å²) in [5.41, 5.74) is 3.30. The van der Waals surface area contributed by atoms with Crippen LogP contribution in [0.15, 0.2) is 24.3 Å². The lowest BCUT2D eigenvalue weighted by atomic mass is 9.99. The van der Waals surface area contributed by atoms with Crippen LogP contribution in [0.3, 0.4) is 0 Å². The average molecular weight is 1040 g/mol. The Balaban J connectivity index is 0.000000197. The Morgan fingerprint density at radius 1 is 0.743 bits per heavy atom. The molecule has 5 atom stereocenters. The Morgan fingerprint density at radius 2 is 1.27 bits per heavy atom. The molecule has 5 aromatic rings. The lowest BCUT2D eigenvalue weighted by molar-refractivity contribution is -0.169. The number of aryl methyl sites for hydroxylation is 3. The standard InChI is InChI=1S/C23H25F3N8O2.C23H28F3N7O5/c1-11(23(24,25)26)9-16(35)20-28-13(3)17-21(29-20)34(14-5-4-8-33(17)10-14)22(36)30-19-15-7-6-12(2)27-18(15)31-32-19;1-12(23(24,25)26)8-16(36)20-27-13(2)19-21(29-20)33(14-4-3-7-32(19)9-14)22(37)28-17-5-6-18(31-30-17)38-11-15(35)10-34/h6-7,11,14H,4-5,8-10H2,1-3H3,(H2,27,30,31,32,36);5-6,12,14-15,34-35H,3-4,7-11H2,1-2H3,(H,28,30,37)/t11-,14-;12-,14-,15-/m00/s1. The van der Waals surface area contributed by atoms with E-state index < -0.39 is 73.4 Å². The normalized spacial score (nSPS) is 18.3. The smallest absolute Gasteiger partial charge is 0.391 e. The van der Waals surface area contributed by atoms with Gasteiger partial charge in [-0.2, -0.15) is 31.4 Å². The maximum absolute atomic E-state index is 13.6. The Hall–Kier alpha value is -7.36. The molecular weight excluding hydrogens is 989 g/mol. The summed E-state index contributed by atoms with van der Waals surface area (Å²) in [7, 11) is 0. The number of hydrogen-bond acceptors (Lipinski definition) is 17. The van der Waals surface area contributed by atoms with Gasteiger partial charge in [0.25, 0.3) is 0 Å². The first kappa shape index (κ1) is 52.9. The summed E-state index contributed by atoms with van der Waals surface area (Å²) in [6, 6.07) is 4.83. The zero-order chi connectivity index (χ0) is 53.4. The highest BCUT2D eigenvalue weighted by atomic mass is 19.4. The molecule has 0 radical (unpaired) electrons. The number of nitrogens with one attached hydrogen (secondary N) is 3. The van der Waals surface area contributed by atoms with Gasteiger partial charge in [-0.3, -0.25) is 35.1 Å². The lowest BCUT2D eigenvalue weighted by Crippen LogP contribution is -2.56. The third kappa shape index (κ3) is 11.4. The van der Waals surface area contributed by atoms with E-state index in [4.69, 9.17) is 9.84 Å². The zero-order valence-corrected chi connectivity index (χ0v) is 40.8. The van der Waals surface area contributed by atoms with Crippen molar-refractivity contribution in [1.29, 1.82) is 0 Å². The number of carbonyl (C=O) groups is 4. The van der Waals surface area contributed by atoms with Crippen LogP contribution in [0.2, 0.25) is 0 Å². The molecule has 2 fully saturated rings. The van der Waals surface area contributed by atoms with E-state index in [1.54, 1.807) is 26.0 Å². The Labute approximate surface area is 418 Å². The minimum absolute atomic E-state index is 0.0707. The number of ether oxygens (including phenoxy) is 1. The van der Waals surface area contributed by atoms with Gasteiger partial charge in [0.05, 0.1) is 47.3 Å². The van der Waals surface area contributed by atoms with Crippen LogP contribution in [0.25, 0.3) is 11.0 Å². The zero-order valence-electron chi connectivity index (χ0n) is 40.8. The predicted molar refractivity (Wildman–Crippen MR) is 255 cm³/mol. The van der Waals surface area contributed by atoms with E-state index in [0.29, 0.717) is 72.1 Å². The molecule has 396 valence electrons. The first-order valence-electron chi connectivity index (χ1n) is 23.7. The number of alkyl halides is 6. The predicted octanol–water partition coefficient (Wildman–Crippen LogP) is 6.26. The number of rotatable bonds is 12. The van der Waals surface area contributed by atoms with Crippen molar-refractivity contribution in [2.75, 3.05) is 69.6 Å². The minimum Gasteiger partial charge on any atom is -0.474 e. The second-order valence-electron chi connectivity index (χ2n) is 18.7. The Kier molecular flexibility index (Phi) is 15.2. The summed E-state index contributed by atoms with van der Waals surface area (Å²) >= 11 is 0. The highest BCUT2D eigenvalue weighted by molar-refractivity contribution is 6.08. The van der Waals surface area contributed by atoms with Gasteiger partial charge in [0.2, 0.25) is 17.4 Å². The van der Waals surface area contributed by atoms with Crippen molar-refractivity contribution in [3.05, 3.63) is 53.0 Å². The number of ketones is 2. The van der Waals surface area contributed by atoms with Gasteiger partial charge in [-0.05, 0) is 64.7 Å². The number of fused-ring (bicyclic) bond motifs is 9. The molecule has 0 spiro atoms. The van der Waals surface area contributed by atoms with Gasteiger partial charge in [-0.1, -0.05) is 13.8 Å². The molecule has 4 aliphatic heterocycles. The molecule has 4 amide bonds. The molecule has 9 heterocycles. The summed E-state index contributed by atoms with van der Waals surface area (Å²) in [5.74, 6) is -5.26. The summed E-state index contributed by atoms with van der Waals surface area (Å²) in [5, 5.41) is 39.0. The van der Waals surface area contributed by atoms with Crippen LogP contribution in [0.1, 0.15) is 90.7 Å². The van der Waals surface area contributed by atoms with E-state index in [0.717, 1.165) is 38.9 Å². The largest absolute Gasteiger partial charge is 0.474 e. The van der Waals surface area contributed by atoms with Crippen molar-refractivity contribution in [3.8, 4) is 5.88 Å². The Bertz CT molecular complexity index is 2920. The van der Waals surface area contributed by atoms with E-state index in [2.05, 4.69) is 60.8 Å². The number of anilines is 6. The summed E-state index contributed by atoms with van der Waals surface area (Å²) in [6.45, 7) is 8.84. The van der Waals surface area contributed by atoms with E-state index >= 15 is 0 Å². The summed E-state index contributed by atoms with van der Waals surface area (Å²) in [4.78, 5) is 80.8. The maximum atomic E-state index is 13.6. The van der Waals surface area contributed by atoms with Crippen LogP contribution in [0.4, 0.5) is 70.6 Å². The van der Waals surface area contributed by atoms with Crippen LogP contribution < -0.4 is 35.0 Å². The van der Waals surface area contributed by atoms with E-state index in [1.807, 2.05) is 11.8 Å². The molecule has 0 unspecified atom stereocenters. The van der Waals surface area contributed by atoms with E-state index in [9.17, 15) is 50.6 Å². The van der Waals surface area contributed by atoms with Crippen molar-refractivity contribution < 1.29 is 60.5 Å². The average Bonchev–Trinajstić information content (AvgIpc) is 3.73. The van der Waals surface area contributed by atoms with Gasteiger partial charge in [0.1, 0.15) is 24.1 Å². The number of hydrogen-bond donors (Lipinski definition) is 5. The van der Waals surface area contributed by atoms with Crippen LogP contribution in [-0.4, -0.2) is 149 Å². The number of nitrogens with zero attached hydrogens (tertiary/aromatic N) is 12. The number of piperidine rings is 2. The fourth-order valence-electron chi connectivity index (χ4n) is 9.13. The third-order valence-corrected chi connectivity index (χ3v) is 13.0. The number of amides is 4. The van der Waals surface area contributed by atoms with Gasteiger partial charge in [0, 0.05) is 50.8 Å². The fraction of sp³-hybridized carbons (Fsp3) is 0.522. The Morgan fingerprint density at radius 3 is 1.76 bits per heavy atom. The van der Waals surface area contributed by atoms with Crippen LogP contribution in [-0.2, 0) is 0 Å². The number of Topliss-reactive ketones (excluding diaryl/α,β-unsaturated/α-hetero) is 2. The molecule has 4 aliphatic rings. The molecule has 28 heteroatoms. The number of aliphatic hydroxyl groups is 2. The highest BCUT2D eigenvalue weighted by Crippen LogP contribution is 2.42. The first-order valence-corrected chi connectivity index (χ1v) is 23.7. The molecule has 4 bridgehead atoms. The first-order chi connectivity index (χ1) is 35.0. The number of carbonyl (C=O) groups excluding carboxylic acids is 4. The lowest BCUT2D eigenvalue weighted by Gasteiger charge is -2.46. The van der Waals surface area contributed by atoms with Crippen molar-refractivity contribution in [2.24, 2.45) is 11.8 Å². The monoisotopic (exact) mass is 1040 g/mol. The van der Waals surface area contributed by atoms with E-state index in [1.165, 1.54) is 21.9 Å². The molecule has 9 rings (SSSR count). The van der Waals surface area contributed by atoms with Gasteiger partial charge in [-0.25, -0.2) is 34.5 Å². The van der Waals surface area contributed by atoms with Crippen LogP contribution in [0.5, 0.6) is 5.88 Å². The number of aromatic nitrogens is 9. The molecule has 0 aromatic carbocycles. The number of urea groups is 2. The summed E-state index contributed by atoms with van der Waals surface area (Å²) in [6.07, 6.45) is -8.69. The molecule has 74 heavy (non-hydrogen) atoms. The van der Waals surface area contributed by atoms with Crippen molar-refractivity contribution >= 4 is 69.3 Å². The second-order valence-corrected chi connectivity index (χ2v) is 18.7. The molecule has 2 saturated heterocycles. The van der Waals surface area contributed by atoms with Crippen molar-refractivity contribution in [1.82, 2.24) is 45.3 Å². The van der Waals surface area contributed by atoms with E-state index in [-0.39, 0.29) is 53.7 Å². The van der Waals surface area contributed by atoms with Crippen molar-refractivity contribution in [2.45, 2.75) is 104 Å². The van der Waals surface area contributed by atoms with Gasteiger partial charge < -0.3 is 24.7 Å². The van der Waals surface area contributed by atoms with Gasteiger partial charge in [0.15, 0.2) is 40.6 Å². The number of aliphatic hydroxyl groups excluding tert-OH is 2. The highest BCUT2D eigenvalue weighted by Gasteiger charge is 2.44. The molecular formula is C46H53F6N15O7. The maximum Gasteiger partial charge on any atom is 0.391 e. The fourth-order valence-corrected chi connectivity index (χ4v) is 9.13. The summed E-state index contributed by atoms with van der Waals surface area (Å²) < 4.78 is 83.4. The number of aromatic amines is 1.